The van der Waals surface area contributed by atoms with Crippen molar-refractivity contribution < 1.29 is 23.9 Å². The van der Waals surface area contributed by atoms with Crippen LogP contribution in [0.15, 0.2) is 0 Å². The molecule has 2 aliphatic rings. The first-order chi connectivity index (χ1) is 11.2. The maximum Gasteiger partial charge on any atom is 0.410 e. The van der Waals surface area contributed by atoms with Crippen molar-refractivity contribution in [1.82, 2.24) is 10.2 Å². The van der Waals surface area contributed by atoms with E-state index in [1.165, 1.54) is 0 Å². The molecule has 3 atom stereocenters. The van der Waals surface area contributed by atoms with Crippen LogP contribution < -0.4 is 5.32 Å². The zero-order valence-corrected chi connectivity index (χ0v) is 15.0. The average molecular weight is 340 g/mol. The van der Waals surface area contributed by atoms with Gasteiger partial charge in [0, 0.05) is 25.6 Å². The summed E-state index contributed by atoms with van der Waals surface area (Å²) in [4.78, 5) is 38.3. The summed E-state index contributed by atoms with van der Waals surface area (Å²) in [6.45, 7) is 8.83. The SMILES string of the molecule is CCOC(=O)[C@@H]1CNC(=O)[C@@H]2CCN(C(=O)OC(C)(C)C)CC[C@H]21. The highest BCUT2D eigenvalue weighted by atomic mass is 16.6. The van der Waals surface area contributed by atoms with E-state index < -0.39 is 5.60 Å². The molecule has 0 aliphatic carbocycles. The normalized spacial score (nSPS) is 27.6. The number of carbonyl (C=O) groups is 3. The fraction of sp³-hybridized carbons (Fsp3) is 0.824. The Morgan fingerprint density at radius 2 is 1.92 bits per heavy atom. The molecule has 7 nitrogen and oxygen atoms in total. The first-order valence-electron chi connectivity index (χ1n) is 8.65. The van der Waals surface area contributed by atoms with Gasteiger partial charge in [0.15, 0.2) is 0 Å². The lowest BCUT2D eigenvalue weighted by Crippen LogP contribution is -2.50. The standard InChI is InChI=1S/C17H28N2O5/c1-5-23-15(21)13-10-18-14(20)12-7-9-19(8-6-11(12)13)16(22)24-17(2,3)4/h11-13H,5-10H2,1-4H3,(H,18,20)/t11-,12-,13-/m1/s1. The predicted octanol–water partition coefficient (Wildman–Crippen LogP) is 1.56. The monoisotopic (exact) mass is 340 g/mol. The van der Waals surface area contributed by atoms with E-state index in [-0.39, 0.29) is 35.7 Å². The Hall–Kier alpha value is -1.79. The summed E-state index contributed by atoms with van der Waals surface area (Å²) in [6, 6.07) is 0. The van der Waals surface area contributed by atoms with E-state index in [1.807, 2.05) is 20.8 Å². The summed E-state index contributed by atoms with van der Waals surface area (Å²) in [7, 11) is 0. The van der Waals surface area contributed by atoms with Gasteiger partial charge in [0.1, 0.15) is 5.60 Å². The summed E-state index contributed by atoms with van der Waals surface area (Å²) < 4.78 is 10.6. The predicted molar refractivity (Wildman–Crippen MR) is 87.2 cm³/mol. The van der Waals surface area contributed by atoms with Crippen LogP contribution >= 0.6 is 0 Å². The number of amides is 2. The molecule has 0 radical (unpaired) electrons. The molecular formula is C17H28N2O5. The number of piperidine rings is 1. The van der Waals surface area contributed by atoms with Crippen LogP contribution in [0.2, 0.25) is 0 Å². The van der Waals surface area contributed by atoms with E-state index in [4.69, 9.17) is 9.47 Å². The number of nitrogens with zero attached hydrogens (tertiary/aromatic N) is 1. The Kier molecular flexibility index (Phi) is 5.72. The largest absolute Gasteiger partial charge is 0.466 e. The molecule has 2 saturated heterocycles. The van der Waals surface area contributed by atoms with Crippen LogP contribution in [-0.4, -0.2) is 54.7 Å². The maximum absolute atomic E-state index is 12.3. The zero-order valence-electron chi connectivity index (χ0n) is 15.0. The zero-order chi connectivity index (χ0) is 17.9. The van der Waals surface area contributed by atoms with Gasteiger partial charge in [-0.15, -0.1) is 0 Å². The van der Waals surface area contributed by atoms with Crippen molar-refractivity contribution in [2.24, 2.45) is 17.8 Å². The van der Waals surface area contributed by atoms with Crippen molar-refractivity contribution in [2.75, 3.05) is 26.2 Å². The highest BCUT2D eigenvalue weighted by Crippen LogP contribution is 2.34. The molecule has 0 aromatic heterocycles. The molecule has 0 unspecified atom stereocenters. The van der Waals surface area contributed by atoms with E-state index in [2.05, 4.69) is 5.32 Å². The fourth-order valence-electron chi connectivity index (χ4n) is 3.44. The number of hydrogen-bond acceptors (Lipinski definition) is 5. The fourth-order valence-corrected chi connectivity index (χ4v) is 3.44. The molecule has 2 heterocycles. The minimum Gasteiger partial charge on any atom is -0.466 e. The van der Waals surface area contributed by atoms with Gasteiger partial charge in [-0.05, 0) is 46.5 Å². The van der Waals surface area contributed by atoms with Gasteiger partial charge in [0.2, 0.25) is 5.91 Å². The van der Waals surface area contributed by atoms with Gasteiger partial charge in [0.05, 0.1) is 12.5 Å². The Labute approximate surface area is 143 Å². The molecule has 0 aromatic rings. The third kappa shape index (κ3) is 4.39. The second kappa shape index (κ2) is 7.40. The first-order valence-corrected chi connectivity index (χ1v) is 8.65. The molecule has 0 aromatic carbocycles. The Morgan fingerprint density at radius 3 is 2.54 bits per heavy atom. The van der Waals surface area contributed by atoms with Gasteiger partial charge in [-0.1, -0.05) is 0 Å². The van der Waals surface area contributed by atoms with Crippen LogP contribution in [0.5, 0.6) is 0 Å². The average Bonchev–Trinajstić information content (AvgIpc) is 2.69. The Morgan fingerprint density at radius 1 is 1.25 bits per heavy atom. The number of nitrogens with one attached hydrogen (secondary N) is 1. The quantitative estimate of drug-likeness (QED) is 0.771. The lowest BCUT2D eigenvalue weighted by Gasteiger charge is -2.35. The maximum atomic E-state index is 12.3. The second-order valence-corrected chi connectivity index (χ2v) is 7.42. The number of carbonyl (C=O) groups excluding carboxylic acids is 3. The molecule has 1 N–H and O–H groups in total. The Bertz CT molecular complexity index is 500. The minimum atomic E-state index is -0.555. The number of ether oxygens (including phenoxy) is 2. The van der Waals surface area contributed by atoms with Crippen LogP contribution in [0.3, 0.4) is 0 Å². The summed E-state index contributed by atoms with van der Waals surface area (Å²) in [5, 5.41) is 2.81. The van der Waals surface area contributed by atoms with Gasteiger partial charge >= 0.3 is 12.1 Å². The molecular weight excluding hydrogens is 312 g/mol. The van der Waals surface area contributed by atoms with E-state index in [1.54, 1.807) is 11.8 Å². The summed E-state index contributed by atoms with van der Waals surface area (Å²) in [6.07, 6.45) is 0.765. The van der Waals surface area contributed by atoms with Crippen LogP contribution in [0.1, 0.15) is 40.5 Å². The lowest BCUT2D eigenvalue weighted by atomic mass is 9.75. The van der Waals surface area contributed by atoms with Crippen LogP contribution in [-0.2, 0) is 19.1 Å². The van der Waals surface area contributed by atoms with Crippen molar-refractivity contribution in [3.8, 4) is 0 Å². The highest BCUT2D eigenvalue weighted by molar-refractivity contribution is 5.84. The summed E-state index contributed by atoms with van der Waals surface area (Å²) in [5.74, 6) is -0.998. The van der Waals surface area contributed by atoms with E-state index in [0.29, 0.717) is 39.1 Å². The Balaban J connectivity index is 2.08. The van der Waals surface area contributed by atoms with Crippen LogP contribution in [0.4, 0.5) is 4.79 Å². The van der Waals surface area contributed by atoms with E-state index >= 15 is 0 Å². The molecule has 0 spiro atoms. The smallest absolute Gasteiger partial charge is 0.410 e. The summed E-state index contributed by atoms with van der Waals surface area (Å²) in [5.41, 5.74) is -0.555. The second-order valence-electron chi connectivity index (χ2n) is 7.42. The topological polar surface area (TPSA) is 84.9 Å². The highest BCUT2D eigenvalue weighted by Gasteiger charge is 2.44. The van der Waals surface area contributed by atoms with E-state index in [0.717, 1.165) is 0 Å². The molecule has 0 saturated carbocycles. The molecule has 7 heteroatoms. The molecule has 2 fully saturated rings. The molecule has 136 valence electrons. The summed E-state index contributed by atoms with van der Waals surface area (Å²) >= 11 is 0. The van der Waals surface area contributed by atoms with Gasteiger partial charge < -0.3 is 19.7 Å². The molecule has 24 heavy (non-hydrogen) atoms. The van der Waals surface area contributed by atoms with Gasteiger partial charge in [-0.25, -0.2) is 4.79 Å². The molecule has 0 bridgehead atoms. The first kappa shape index (κ1) is 18.5. The lowest BCUT2D eigenvalue weighted by molar-refractivity contribution is -0.153. The van der Waals surface area contributed by atoms with Crippen molar-refractivity contribution in [1.29, 1.82) is 0 Å². The third-order valence-corrected chi connectivity index (χ3v) is 4.55. The van der Waals surface area contributed by atoms with Gasteiger partial charge in [-0.2, -0.15) is 0 Å². The van der Waals surface area contributed by atoms with Crippen LogP contribution in [0, 0.1) is 17.8 Å². The molecule has 2 amide bonds. The van der Waals surface area contributed by atoms with Gasteiger partial charge in [-0.3, -0.25) is 9.59 Å². The van der Waals surface area contributed by atoms with Crippen molar-refractivity contribution in [2.45, 2.75) is 46.1 Å². The number of esters is 1. The molecule has 2 aliphatic heterocycles. The van der Waals surface area contributed by atoms with Crippen molar-refractivity contribution in [3.63, 3.8) is 0 Å². The van der Waals surface area contributed by atoms with E-state index in [9.17, 15) is 14.4 Å². The van der Waals surface area contributed by atoms with Crippen molar-refractivity contribution >= 4 is 18.0 Å². The third-order valence-electron chi connectivity index (χ3n) is 4.55. The van der Waals surface area contributed by atoms with Crippen LogP contribution in [0.25, 0.3) is 0 Å². The number of likely N-dealkylation sites (tertiary alicyclic amines) is 1. The number of rotatable bonds is 2. The minimum absolute atomic E-state index is 0.0356. The number of fused-ring (bicyclic) bond motifs is 1. The van der Waals surface area contributed by atoms with Crippen molar-refractivity contribution in [3.05, 3.63) is 0 Å². The van der Waals surface area contributed by atoms with Gasteiger partial charge in [0.25, 0.3) is 0 Å². The number of hydrogen-bond donors (Lipinski definition) is 1. The molecule has 2 rings (SSSR count).